The zero-order chi connectivity index (χ0) is 28.5. The molecule has 4 aromatic heterocycles. The number of piperidine rings is 2. The average molecular weight is 561 g/mol. The highest BCUT2D eigenvalue weighted by Gasteiger charge is 2.20. The second kappa shape index (κ2) is 11.6. The first-order chi connectivity index (χ1) is 20.7. The van der Waals surface area contributed by atoms with Crippen molar-refractivity contribution < 1.29 is 0 Å². The maximum Gasteiger partial charge on any atom is 0.236 e. The van der Waals surface area contributed by atoms with Gasteiger partial charge in [-0.15, -0.1) is 0 Å². The standard InChI is InChI=1S/C18H22N4.C16H18N4/c1-2-5-14-8-11-21(12-9-14)17-10-13-22-16-7-4-3-6-15(16)19-18(22)20-17;1-12-6-9-19(10-7-12)15-8-11-20-14-5-3-2-4-13(14)17-16(20)18-15/h3-4,6-7,10,13-14H,2,5,8-9,11-12H2,1H3;2-5,8,11-12H,6-7,9-10H2,1H3. The lowest BCUT2D eigenvalue weighted by molar-refractivity contribution is 0.377. The molecule has 8 heteroatoms. The molecule has 42 heavy (non-hydrogen) atoms. The molecule has 2 saturated heterocycles. The van der Waals surface area contributed by atoms with Gasteiger partial charge in [-0.2, -0.15) is 9.97 Å². The normalized spacial score (nSPS) is 16.9. The van der Waals surface area contributed by atoms with Gasteiger partial charge >= 0.3 is 0 Å². The minimum Gasteiger partial charge on any atom is -0.356 e. The van der Waals surface area contributed by atoms with E-state index in [4.69, 9.17) is 9.97 Å². The summed E-state index contributed by atoms with van der Waals surface area (Å²) < 4.78 is 4.13. The first kappa shape index (κ1) is 26.7. The predicted molar refractivity (Wildman–Crippen MR) is 171 cm³/mol. The maximum absolute atomic E-state index is 4.78. The highest BCUT2D eigenvalue weighted by Crippen LogP contribution is 2.26. The van der Waals surface area contributed by atoms with Crippen molar-refractivity contribution in [3.05, 3.63) is 73.1 Å². The summed E-state index contributed by atoms with van der Waals surface area (Å²) in [6.07, 6.45) is 11.9. The van der Waals surface area contributed by atoms with Gasteiger partial charge in [0, 0.05) is 38.6 Å². The van der Waals surface area contributed by atoms with Crippen LogP contribution in [0.3, 0.4) is 0 Å². The van der Waals surface area contributed by atoms with Crippen LogP contribution in [0.2, 0.25) is 0 Å². The summed E-state index contributed by atoms with van der Waals surface area (Å²) in [5, 5.41) is 0. The Morgan fingerprint density at radius 1 is 0.619 bits per heavy atom. The van der Waals surface area contributed by atoms with E-state index in [1.165, 1.54) is 38.5 Å². The molecule has 0 bridgehead atoms. The molecule has 6 heterocycles. The Morgan fingerprint density at radius 3 is 1.60 bits per heavy atom. The van der Waals surface area contributed by atoms with Crippen LogP contribution < -0.4 is 9.80 Å². The third-order valence-electron chi connectivity index (χ3n) is 9.07. The molecule has 6 aromatic rings. The van der Waals surface area contributed by atoms with E-state index in [1.807, 2.05) is 36.4 Å². The molecule has 0 radical (unpaired) electrons. The monoisotopic (exact) mass is 560 g/mol. The molecule has 8 rings (SSSR count). The van der Waals surface area contributed by atoms with Crippen LogP contribution >= 0.6 is 0 Å². The van der Waals surface area contributed by atoms with Gasteiger partial charge < -0.3 is 9.80 Å². The zero-order valence-corrected chi connectivity index (χ0v) is 24.7. The van der Waals surface area contributed by atoms with Crippen molar-refractivity contribution >= 4 is 45.3 Å². The number of hydrogen-bond acceptors (Lipinski definition) is 6. The van der Waals surface area contributed by atoms with Crippen LogP contribution in [0.1, 0.15) is 52.4 Å². The predicted octanol–water partition coefficient (Wildman–Crippen LogP) is 7.02. The third-order valence-corrected chi connectivity index (χ3v) is 9.07. The van der Waals surface area contributed by atoms with Gasteiger partial charge in [-0.05, 0) is 73.9 Å². The average Bonchev–Trinajstić information content (AvgIpc) is 3.60. The molecule has 0 amide bonds. The zero-order valence-electron chi connectivity index (χ0n) is 24.7. The molecule has 0 N–H and O–H groups in total. The van der Waals surface area contributed by atoms with Crippen molar-refractivity contribution in [1.29, 1.82) is 0 Å². The first-order valence-corrected chi connectivity index (χ1v) is 15.6. The number of nitrogens with zero attached hydrogens (tertiary/aromatic N) is 8. The summed E-state index contributed by atoms with van der Waals surface area (Å²) in [4.78, 5) is 23.6. The maximum atomic E-state index is 4.78. The largest absolute Gasteiger partial charge is 0.356 e. The van der Waals surface area contributed by atoms with Crippen molar-refractivity contribution in [2.45, 2.75) is 52.4 Å². The second-order valence-electron chi connectivity index (χ2n) is 12.0. The third kappa shape index (κ3) is 5.26. The van der Waals surface area contributed by atoms with E-state index in [-0.39, 0.29) is 0 Å². The molecule has 2 fully saturated rings. The van der Waals surface area contributed by atoms with Gasteiger partial charge in [0.1, 0.15) is 11.6 Å². The first-order valence-electron chi connectivity index (χ1n) is 15.6. The fraction of sp³-hybridized carbons (Fsp3) is 0.412. The summed E-state index contributed by atoms with van der Waals surface area (Å²) in [6.45, 7) is 9.05. The number of hydrogen-bond donors (Lipinski definition) is 0. The Kier molecular flexibility index (Phi) is 7.36. The van der Waals surface area contributed by atoms with E-state index in [0.29, 0.717) is 0 Å². The Labute approximate surface area is 247 Å². The van der Waals surface area contributed by atoms with E-state index >= 15 is 0 Å². The summed E-state index contributed by atoms with van der Waals surface area (Å²) in [6, 6.07) is 20.6. The van der Waals surface area contributed by atoms with Crippen LogP contribution in [-0.2, 0) is 0 Å². The second-order valence-corrected chi connectivity index (χ2v) is 12.0. The summed E-state index contributed by atoms with van der Waals surface area (Å²) in [5.74, 6) is 5.46. The van der Waals surface area contributed by atoms with Crippen LogP contribution in [0.15, 0.2) is 73.1 Å². The summed E-state index contributed by atoms with van der Waals surface area (Å²) in [7, 11) is 0. The Balaban J connectivity index is 0.000000138. The highest BCUT2D eigenvalue weighted by atomic mass is 15.2. The van der Waals surface area contributed by atoms with Gasteiger partial charge in [-0.3, -0.25) is 8.80 Å². The van der Waals surface area contributed by atoms with Gasteiger partial charge in [-0.1, -0.05) is 51.0 Å². The van der Waals surface area contributed by atoms with Gasteiger partial charge in [0.05, 0.1) is 22.1 Å². The van der Waals surface area contributed by atoms with Gasteiger partial charge in [-0.25, -0.2) is 9.97 Å². The van der Waals surface area contributed by atoms with Crippen LogP contribution in [-0.4, -0.2) is 54.9 Å². The van der Waals surface area contributed by atoms with Crippen LogP contribution in [0.4, 0.5) is 11.6 Å². The van der Waals surface area contributed by atoms with E-state index in [9.17, 15) is 0 Å². The Hall–Kier alpha value is -4.20. The van der Waals surface area contributed by atoms with Crippen molar-refractivity contribution in [3.63, 3.8) is 0 Å². The van der Waals surface area contributed by atoms with Crippen molar-refractivity contribution in [2.24, 2.45) is 11.8 Å². The molecule has 2 aliphatic heterocycles. The van der Waals surface area contributed by atoms with Gasteiger partial charge in [0.2, 0.25) is 11.6 Å². The molecular formula is C34H40N8. The van der Waals surface area contributed by atoms with Crippen molar-refractivity contribution in [3.8, 4) is 0 Å². The Bertz CT molecular complexity index is 1800. The molecule has 0 spiro atoms. The SMILES string of the molecule is CC1CCN(c2ccn3c(n2)nc2ccccc23)CC1.CCCC1CCN(c2ccn3c(n2)nc2ccccc23)CC1. The lowest BCUT2D eigenvalue weighted by atomic mass is 9.92. The topological polar surface area (TPSA) is 66.9 Å². The Morgan fingerprint density at radius 2 is 1.10 bits per heavy atom. The molecule has 0 unspecified atom stereocenters. The van der Waals surface area contributed by atoms with E-state index < -0.39 is 0 Å². The lowest BCUT2D eigenvalue weighted by Crippen LogP contribution is -2.34. The molecule has 2 aromatic carbocycles. The minimum absolute atomic E-state index is 0.794. The molecule has 2 aliphatic rings. The smallest absolute Gasteiger partial charge is 0.236 e. The van der Waals surface area contributed by atoms with Gasteiger partial charge in [0.25, 0.3) is 0 Å². The van der Waals surface area contributed by atoms with Gasteiger partial charge in [0.15, 0.2) is 0 Å². The quantitative estimate of drug-likeness (QED) is 0.231. The molecule has 0 saturated carbocycles. The number of anilines is 2. The number of imidazole rings is 2. The molecular weight excluding hydrogens is 520 g/mol. The molecule has 216 valence electrons. The number of aromatic nitrogens is 6. The van der Waals surface area contributed by atoms with Crippen molar-refractivity contribution in [2.75, 3.05) is 36.0 Å². The molecule has 8 nitrogen and oxygen atoms in total. The van der Waals surface area contributed by atoms with Crippen LogP contribution in [0.5, 0.6) is 0 Å². The van der Waals surface area contributed by atoms with E-state index in [0.717, 1.165) is 83.3 Å². The van der Waals surface area contributed by atoms with Crippen LogP contribution in [0, 0.1) is 11.8 Å². The van der Waals surface area contributed by atoms with Crippen LogP contribution in [0.25, 0.3) is 33.6 Å². The number of fused-ring (bicyclic) bond motifs is 6. The lowest BCUT2D eigenvalue weighted by Gasteiger charge is -2.32. The minimum atomic E-state index is 0.794. The molecule has 0 aliphatic carbocycles. The highest BCUT2D eigenvalue weighted by molar-refractivity contribution is 5.80. The fourth-order valence-electron chi connectivity index (χ4n) is 6.53. The fourth-order valence-corrected chi connectivity index (χ4v) is 6.53. The number of para-hydroxylation sites is 4. The van der Waals surface area contributed by atoms with E-state index in [2.05, 4.69) is 79.1 Å². The van der Waals surface area contributed by atoms with Crippen molar-refractivity contribution in [1.82, 2.24) is 28.7 Å². The summed E-state index contributed by atoms with van der Waals surface area (Å²) in [5.41, 5.74) is 4.25. The number of rotatable bonds is 4. The van der Waals surface area contributed by atoms with E-state index in [1.54, 1.807) is 0 Å². The number of benzene rings is 2. The molecule has 0 atom stereocenters. The summed E-state index contributed by atoms with van der Waals surface area (Å²) >= 11 is 0.